The zero-order valence-electron chi connectivity index (χ0n) is 12.8. The van der Waals surface area contributed by atoms with Gasteiger partial charge in [0.2, 0.25) is 0 Å². The van der Waals surface area contributed by atoms with E-state index in [1.54, 1.807) is 12.1 Å². The van der Waals surface area contributed by atoms with Crippen LogP contribution in [0.2, 0.25) is 0 Å². The predicted octanol–water partition coefficient (Wildman–Crippen LogP) is 0.330. The molecule has 0 aromatic heterocycles. The summed E-state index contributed by atoms with van der Waals surface area (Å²) in [7, 11) is 1.02. The van der Waals surface area contributed by atoms with Gasteiger partial charge in [-0.05, 0) is 32.3 Å². The van der Waals surface area contributed by atoms with E-state index >= 15 is 0 Å². The molecule has 21 heavy (non-hydrogen) atoms. The van der Waals surface area contributed by atoms with Crippen LogP contribution in [0.4, 0.5) is 11.4 Å². The Kier molecular flexibility index (Phi) is 4.75. The first-order chi connectivity index (χ1) is 9.77. The average Bonchev–Trinajstić information content (AvgIpc) is 2.40. The third-order valence-electron chi connectivity index (χ3n) is 3.96. The summed E-state index contributed by atoms with van der Waals surface area (Å²) in [5.74, 6) is 0. The maximum Gasteiger partial charge on any atom is 0.175 e. The van der Waals surface area contributed by atoms with Crippen LogP contribution < -0.4 is 11.1 Å². The molecule has 1 aromatic rings. The van der Waals surface area contributed by atoms with Gasteiger partial charge < -0.3 is 16.0 Å². The molecule has 1 atom stereocenters. The van der Waals surface area contributed by atoms with Crippen molar-refractivity contribution >= 4 is 21.2 Å². The van der Waals surface area contributed by atoms with Crippen LogP contribution in [-0.2, 0) is 9.84 Å². The number of likely N-dealkylation sites (N-methyl/N-ethyl adjacent to an activating group) is 2. The lowest BCUT2D eigenvalue weighted by atomic mass is 10.1. The number of benzene rings is 1. The largest absolute Gasteiger partial charge is 0.397 e. The molecule has 3 N–H and O–H groups in total. The van der Waals surface area contributed by atoms with E-state index in [0.29, 0.717) is 11.7 Å². The van der Waals surface area contributed by atoms with Crippen molar-refractivity contribution in [2.45, 2.75) is 10.9 Å². The minimum atomic E-state index is -3.22. The lowest BCUT2D eigenvalue weighted by molar-refractivity contribution is 0.122. The fraction of sp³-hybridized carbons (Fsp3) is 0.571. The number of piperazine rings is 1. The van der Waals surface area contributed by atoms with Gasteiger partial charge in [0.05, 0.1) is 16.3 Å². The third kappa shape index (κ3) is 4.09. The number of hydrogen-bond donors (Lipinski definition) is 2. The van der Waals surface area contributed by atoms with Gasteiger partial charge in [0, 0.05) is 38.5 Å². The van der Waals surface area contributed by atoms with E-state index in [2.05, 4.69) is 29.2 Å². The van der Waals surface area contributed by atoms with Crippen molar-refractivity contribution in [3.63, 3.8) is 0 Å². The normalized spacial score (nSPS) is 21.4. The molecule has 7 heteroatoms. The van der Waals surface area contributed by atoms with E-state index in [1.165, 1.54) is 12.3 Å². The van der Waals surface area contributed by atoms with E-state index < -0.39 is 9.84 Å². The lowest BCUT2D eigenvalue weighted by Crippen LogP contribution is -2.52. The van der Waals surface area contributed by atoms with Gasteiger partial charge in [-0.1, -0.05) is 0 Å². The van der Waals surface area contributed by atoms with Crippen molar-refractivity contribution in [1.29, 1.82) is 0 Å². The number of nitrogens with two attached hydrogens (primary N) is 1. The van der Waals surface area contributed by atoms with Crippen LogP contribution in [0.1, 0.15) is 0 Å². The second kappa shape index (κ2) is 6.21. The first kappa shape index (κ1) is 16.1. The molecule has 0 bridgehead atoms. The van der Waals surface area contributed by atoms with E-state index in [1.807, 2.05) is 0 Å². The molecule has 0 saturated carbocycles. The van der Waals surface area contributed by atoms with Crippen LogP contribution in [0, 0.1) is 0 Å². The van der Waals surface area contributed by atoms with Gasteiger partial charge >= 0.3 is 0 Å². The summed E-state index contributed by atoms with van der Waals surface area (Å²) in [4.78, 5) is 4.89. The molecule has 2 rings (SSSR count). The minimum absolute atomic E-state index is 0.250. The second-order valence-electron chi connectivity index (χ2n) is 5.80. The molecule has 0 amide bonds. The molecule has 1 aliphatic rings. The first-order valence-corrected chi connectivity index (χ1v) is 8.89. The highest BCUT2D eigenvalue weighted by atomic mass is 32.2. The third-order valence-corrected chi connectivity index (χ3v) is 5.07. The summed E-state index contributed by atoms with van der Waals surface area (Å²) in [6.07, 6.45) is 1.18. The van der Waals surface area contributed by atoms with Gasteiger partial charge in [-0.3, -0.25) is 4.90 Å². The van der Waals surface area contributed by atoms with Gasteiger partial charge in [-0.15, -0.1) is 0 Å². The van der Waals surface area contributed by atoms with Crippen molar-refractivity contribution < 1.29 is 8.42 Å². The van der Waals surface area contributed by atoms with Crippen molar-refractivity contribution in [1.82, 2.24) is 9.80 Å². The molecule has 0 spiro atoms. The zero-order chi connectivity index (χ0) is 15.6. The monoisotopic (exact) mass is 312 g/mol. The molecular weight excluding hydrogens is 288 g/mol. The lowest BCUT2D eigenvalue weighted by Gasteiger charge is -2.38. The highest BCUT2D eigenvalue weighted by Crippen LogP contribution is 2.23. The summed E-state index contributed by atoms with van der Waals surface area (Å²) in [6, 6.07) is 5.25. The van der Waals surface area contributed by atoms with Gasteiger partial charge in [0.15, 0.2) is 9.84 Å². The van der Waals surface area contributed by atoms with E-state index in [0.717, 1.165) is 31.9 Å². The number of anilines is 2. The smallest absolute Gasteiger partial charge is 0.175 e. The predicted molar refractivity (Wildman–Crippen MR) is 86.4 cm³/mol. The molecule has 1 aliphatic heterocycles. The van der Waals surface area contributed by atoms with Crippen LogP contribution >= 0.6 is 0 Å². The number of hydrogen-bond acceptors (Lipinski definition) is 6. The summed E-state index contributed by atoms with van der Waals surface area (Å²) in [5.41, 5.74) is 7.19. The molecule has 0 radical (unpaired) electrons. The van der Waals surface area contributed by atoms with Crippen LogP contribution in [0.5, 0.6) is 0 Å². The van der Waals surface area contributed by atoms with E-state index in [9.17, 15) is 8.42 Å². The molecule has 1 aromatic carbocycles. The number of nitrogens with zero attached hydrogens (tertiary/aromatic N) is 2. The molecular formula is C14H24N4O2S. The van der Waals surface area contributed by atoms with Crippen LogP contribution in [0.25, 0.3) is 0 Å². The van der Waals surface area contributed by atoms with Gasteiger partial charge in [-0.25, -0.2) is 8.42 Å². The molecule has 1 heterocycles. The standard InChI is InChI=1S/C14H24N4O2S/c1-17-6-7-18(2)11(10-17)9-16-14-5-4-12(8-13(14)15)21(3,19)20/h4-5,8,11,16H,6-7,9-10,15H2,1-3H3. The Morgan fingerprint density at radius 1 is 1.33 bits per heavy atom. The Labute approximate surface area is 126 Å². The summed E-state index contributed by atoms with van der Waals surface area (Å²) < 4.78 is 23.0. The fourth-order valence-corrected chi connectivity index (χ4v) is 3.14. The van der Waals surface area contributed by atoms with Crippen molar-refractivity contribution in [2.24, 2.45) is 0 Å². The van der Waals surface area contributed by atoms with Crippen LogP contribution in [0.15, 0.2) is 23.1 Å². The average molecular weight is 312 g/mol. The number of nitrogens with one attached hydrogen (secondary N) is 1. The van der Waals surface area contributed by atoms with E-state index in [-0.39, 0.29) is 4.90 Å². The highest BCUT2D eigenvalue weighted by Gasteiger charge is 2.22. The Hall–Kier alpha value is -1.31. The SMILES string of the molecule is CN1CCN(C)C(CNc2ccc(S(C)(=O)=O)cc2N)C1. The van der Waals surface area contributed by atoms with Crippen LogP contribution in [0.3, 0.4) is 0 Å². The van der Waals surface area contributed by atoms with Crippen LogP contribution in [-0.4, -0.2) is 70.8 Å². The quantitative estimate of drug-likeness (QED) is 0.780. The maximum absolute atomic E-state index is 11.5. The van der Waals surface area contributed by atoms with Crippen molar-refractivity contribution in [3.8, 4) is 0 Å². The van der Waals surface area contributed by atoms with Crippen molar-refractivity contribution in [2.75, 3.05) is 57.6 Å². The topological polar surface area (TPSA) is 78.7 Å². The number of nitrogen functional groups attached to an aromatic ring is 1. The fourth-order valence-electron chi connectivity index (χ4n) is 2.48. The maximum atomic E-state index is 11.5. The summed E-state index contributed by atoms with van der Waals surface area (Å²) in [6.45, 7) is 3.91. The molecule has 6 nitrogen and oxygen atoms in total. The highest BCUT2D eigenvalue weighted by molar-refractivity contribution is 7.90. The van der Waals surface area contributed by atoms with Gasteiger partial charge in [-0.2, -0.15) is 0 Å². The first-order valence-electron chi connectivity index (χ1n) is 6.99. The molecule has 1 fully saturated rings. The molecule has 118 valence electrons. The Morgan fingerprint density at radius 3 is 2.67 bits per heavy atom. The summed E-state index contributed by atoms with van der Waals surface area (Å²) >= 11 is 0. The Morgan fingerprint density at radius 2 is 2.05 bits per heavy atom. The second-order valence-corrected chi connectivity index (χ2v) is 7.81. The van der Waals surface area contributed by atoms with Gasteiger partial charge in [0.1, 0.15) is 0 Å². The minimum Gasteiger partial charge on any atom is -0.397 e. The van der Waals surface area contributed by atoms with E-state index in [4.69, 9.17) is 5.73 Å². The Balaban J connectivity index is 2.03. The number of rotatable bonds is 4. The molecule has 1 saturated heterocycles. The summed E-state index contributed by atoms with van der Waals surface area (Å²) in [5, 5.41) is 3.32. The number of sulfone groups is 1. The molecule has 1 unspecified atom stereocenters. The van der Waals surface area contributed by atoms with Crippen molar-refractivity contribution in [3.05, 3.63) is 18.2 Å². The zero-order valence-corrected chi connectivity index (χ0v) is 13.7. The molecule has 0 aliphatic carbocycles. The Bertz CT molecular complexity index is 603. The van der Waals surface area contributed by atoms with Gasteiger partial charge in [0.25, 0.3) is 0 Å².